The number of nitrogens with one attached hydrogen (secondary N) is 1. The van der Waals surface area contributed by atoms with E-state index in [1.165, 1.54) is 12.1 Å². The second kappa shape index (κ2) is 8.68. The molecule has 0 fully saturated rings. The Morgan fingerprint density at radius 2 is 1.83 bits per heavy atom. The molecule has 2 aromatic carbocycles. The molecule has 0 radical (unpaired) electrons. The molecule has 0 aliphatic rings. The number of benzene rings is 2. The molecule has 2 N–H and O–H groups in total. The van der Waals surface area contributed by atoms with Gasteiger partial charge < -0.3 is 15.0 Å². The molecule has 0 atom stereocenters. The maximum Gasteiger partial charge on any atom is 0.335 e. The second-order valence-corrected chi connectivity index (χ2v) is 7.08. The fourth-order valence-electron chi connectivity index (χ4n) is 3.14. The molecule has 0 aliphatic carbocycles. The predicted molar refractivity (Wildman–Crippen MR) is 116 cm³/mol. The van der Waals surface area contributed by atoms with Crippen molar-refractivity contribution in [3.05, 3.63) is 87.7 Å². The van der Waals surface area contributed by atoms with Gasteiger partial charge in [-0.1, -0.05) is 17.7 Å². The third kappa shape index (κ3) is 4.43. The van der Waals surface area contributed by atoms with Crippen molar-refractivity contribution in [3.8, 4) is 11.8 Å². The van der Waals surface area contributed by atoms with E-state index in [1.54, 1.807) is 42.5 Å². The van der Waals surface area contributed by atoms with Gasteiger partial charge in [0.1, 0.15) is 11.6 Å². The van der Waals surface area contributed by atoms with Crippen LogP contribution in [-0.2, 0) is 4.79 Å². The van der Waals surface area contributed by atoms with Crippen molar-refractivity contribution >= 4 is 35.2 Å². The number of rotatable bonds is 5. The van der Waals surface area contributed by atoms with Crippen molar-refractivity contribution in [2.24, 2.45) is 0 Å². The van der Waals surface area contributed by atoms with Crippen LogP contribution in [0.25, 0.3) is 11.8 Å². The average Bonchev–Trinajstić information content (AvgIpc) is 3.00. The van der Waals surface area contributed by atoms with E-state index in [0.717, 1.165) is 11.4 Å². The van der Waals surface area contributed by atoms with Crippen molar-refractivity contribution in [2.45, 2.75) is 13.8 Å². The van der Waals surface area contributed by atoms with E-state index >= 15 is 0 Å². The number of anilines is 1. The molecular weight excluding hydrogens is 402 g/mol. The van der Waals surface area contributed by atoms with Crippen molar-refractivity contribution in [1.82, 2.24) is 4.57 Å². The Bertz CT molecular complexity index is 1200. The van der Waals surface area contributed by atoms with Gasteiger partial charge in [-0.25, -0.2) is 4.79 Å². The van der Waals surface area contributed by atoms with Crippen LogP contribution in [0.3, 0.4) is 0 Å². The van der Waals surface area contributed by atoms with Crippen LogP contribution in [-0.4, -0.2) is 21.6 Å². The largest absolute Gasteiger partial charge is 0.478 e. The van der Waals surface area contributed by atoms with Gasteiger partial charge in [-0.3, -0.25) is 4.79 Å². The number of carbonyl (C=O) groups is 2. The van der Waals surface area contributed by atoms with Crippen LogP contribution in [0.5, 0.6) is 0 Å². The number of aromatic carboxylic acids is 1. The first kappa shape index (κ1) is 20.9. The summed E-state index contributed by atoms with van der Waals surface area (Å²) in [5.74, 6) is -1.54. The van der Waals surface area contributed by atoms with Crippen molar-refractivity contribution in [3.63, 3.8) is 0 Å². The molecule has 0 aliphatic heterocycles. The predicted octanol–water partition coefficient (Wildman–Crippen LogP) is 4.99. The lowest BCUT2D eigenvalue weighted by atomic mass is 10.1. The zero-order valence-corrected chi connectivity index (χ0v) is 17.1. The zero-order chi connectivity index (χ0) is 21.8. The molecule has 1 aromatic heterocycles. The third-order valence-electron chi connectivity index (χ3n) is 4.59. The number of nitrogens with zero attached hydrogens (tertiary/aromatic N) is 2. The summed E-state index contributed by atoms with van der Waals surface area (Å²) in [6.45, 7) is 3.72. The standard InChI is InChI=1S/C23H18ClN3O3/c1-14-10-17(15(2)27(14)21-5-3-4-16(12-21)23(29)30)11-18(13-25)22(28)26-20-8-6-19(24)7-9-20/h3-12H,1-2H3,(H,26,28)(H,29,30)/b18-11-. The van der Waals surface area contributed by atoms with E-state index in [4.69, 9.17) is 11.6 Å². The lowest BCUT2D eigenvalue weighted by molar-refractivity contribution is -0.112. The Hall–Kier alpha value is -3.82. The monoisotopic (exact) mass is 419 g/mol. The Morgan fingerprint density at radius 1 is 1.13 bits per heavy atom. The number of carboxylic acids is 1. The Kier molecular flexibility index (Phi) is 6.05. The Balaban J connectivity index is 1.94. The average molecular weight is 420 g/mol. The Morgan fingerprint density at radius 3 is 2.47 bits per heavy atom. The highest BCUT2D eigenvalue weighted by atomic mass is 35.5. The smallest absolute Gasteiger partial charge is 0.335 e. The van der Waals surface area contributed by atoms with Gasteiger partial charge in [0.25, 0.3) is 5.91 Å². The van der Waals surface area contributed by atoms with Crippen LogP contribution >= 0.6 is 11.6 Å². The lowest BCUT2D eigenvalue weighted by Crippen LogP contribution is -2.13. The van der Waals surface area contributed by atoms with Gasteiger partial charge in [-0.15, -0.1) is 0 Å². The van der Waals surface area contributed by atoms with Gasteiger partial charge in [0.2, 0.25) is 0 Å². The number of amides is 1. The highest BCUT2D eigenvalue weighted by Gasteiger charge is 2.15. The van der Waals surface area contributed by atoms with E-state index in [-0.39, 0.29) is 11.1 Å². The van der Waals surface area contributed by atoms with Crippen molar-refractivity contribution in [2.75, 3.05) is 5.32 Å². The van der Waals surface area contributed by atoms with Crippen LogP contribution in [0, 0.1) is 25.2 Å². The number of carboxylic acid groups (broad SMARTS) is 1. The minimum absolute atomic E-state index is 0.0514. The van der Waals surface area contributed by atoms with Gasteiger partial charge in [0.05, 0.1) is 5.56 Å². The SMILES string of the molecule is Cc1cc(/C=C(/C#N)C(=O)Nc2ccc(Cl)cc2)c(C)n1-c1cccc(C(=O)O)c1. The maximum absolute atomic E-state index is 12.5. The van der Waals surface area contributed by atoms with Crippen molar-refractivity contribution in [1.29, 1.82) is 5.26 Å². The fraction of sp³-hybridized carbons (Fsp3) is 0.0870. The van der Waals surface area contributed by atoms with E-state index in [1.807, 2.05) is 30.6 Å². The molecule has 0 bridgehead atoms. The first-order valence-corrected chi connectivity index (χ1v) is 9.39. The summed E-state index contributed by atoms with van der Waals surface area (Å²) < 4.78 is 1.88. The van der Waals surface area contributed by atoms with Gasteiger partial charge in [-0.2, -0.15) is 5.26 Å². The molecule has 1 amide bonds. The zero-order valence-electron chi connectivity index (χ0n) is 16.3. The molecule has 150 valence electrons. The molecule has 0 unspecified atom stereocenters. The Labute approximate surface area is 178 Å². The highest BCUT2D eigenvalue weighted by molar-refractivity contribution is 6.30. The number of nitriles is 1. The molecule has 0 saturated heterocycles. The van der Waals surface area contributed by atoms with E-state index < -0.39 is 11.9 Å². The number of hydrogen-bond acceptors (Lipinski definition) is 3. The van der Waals surface area contributed by atoms with Crippen LogP contribution in [0.1, 0.15) is 27.3 Å². The van der Waals surface area contributed by atoms with Gasteiger partial charge in [0, 0.05) is 27.8 Å². The third-order valence-corrected chi connectivity index (χ3v) is 4.84. The summed E-state index contributed by atoms with van der Waals surface area (Å²) in [5, 5.41) is 21.9. The second-order valence-electron chi connectivity index (χ2n) is 6.65. The molecule has 0 saturated carbocycles. The molecular formula is C23H18ClN3O3. The molecule has 3 rings (SSSR count). The number of carbonyl (C=O) groups excluding carboxylic acids is 1. The molecule has 3 aromatic rings. The van der Waals surface area contributed by atoms with E-state index in [2.05, 4.69) is 5.32 Å². The fourth-order valence-corrected chi connectivity index (χ4v) is 3.27. The van der Waals surface area contributed by atoms with Crippen LogP contribution < -0.4 is 5.32 Å². The topological polar surface area (TPSA) is 95.1 Å². The highest BCUT2D eigenvalue weighted by Crippen LogP contribution is 2.24. The normalized spacial score (nSPS) is 11.1. The van der Waals surface area contributed by atoms with Crippen molar-refractivity contribution < 1.29 is 14.7 Å². The molecule has 7 heteroatoms. The number of aromatic nitrogens is 1. The molecule has 30 heavy (non-hydrogen) atoms. The lowest BCUT2D eigenvalue weighted by Gasteiger charge is -2.10. The summed E-state index contributed by atoms with van der Waals surface area (Å²) in [5.41, 5.74) is 3.66. The summed E-state index contributed by atoms with van der Waals surface area (Å²) >= 11 is 5.85. The summed E-state index contributed by atoms with van der Waals surface area (Å²) in [6, 6.07) is 16.9. The first-order chi connectivity index (χ1) is 14.3. The molecule has 0 spiro atoms. The maximum atomic E-state index is 12.5. The first-order valence-electron chi connectivity index (χ1n) is 9.01. The van der Waals surface area contributed by atoms with Gasteiger partial charge >= 0.3 is 5.97 Å². The van der Waals surface area contributed by atoms with E-state index in [9.17, 15) is 20.0 Å². The van der Waals surface area contributed by atoms with E-state index in [0.29, 0.717) is 22.0 Å². The minimum Gasteiger partial charge on any atom is -0.478 e. The summed E-state index contributed by atoms with van der Waals surface area (Å²) in [4.78, 5) is 23.8. The molecule has 1 heterocycles. The number of hydrogen-bond donors (Lipinski definition) is 2. The van der Waals surface area contributed by atoms with Gasteiger partial charge in [0.15, 0.2) is 0 Å². The van der Waals surface area contributed by atoms with Crippen LogP contribution in [0.15, 0.2) is 60.2 Å². The van der Waals surface area contributed by atoms with Crippen LogP contribution in [0.2, 0.25) is 5.02 Å². The summed E-state index contributed by atoms with van der Waals surface area (Å²) in [7, 11) is 0. The summed E-state index contributed by atoms with van der Waals surface area (Å²) in [6.07, 6.45) is 1.52. The minimum atomic E-state index is -1.01. The number of aryl methyl sites for hydroxylation is 1. The quantitative estimate of drug-likeness (QED) is 0.449. The molecule has 6 nitrogen and oxygen atoms in total. The number of halogens is 1. The van der Waals surface area contributed by atoms with Crippen LogP contribution in [0.4, 0.5) is 5.69 Å². The van der Waals surface area contributed by atoms with Gasteiger partial charge in [-0.05, 0) is 74.0 Å².